The molecule has 0 unspecified atom stereocenters. The minimum absolute atomic E-state index is 0.130. The highest BCUT2D eigenvalue weighted by Crippen LogP contribution is 2.32. The summed E-state index contributed by atoms with van der Waals surface area (Å²) < 4.78 is 5.41. The monoisotopic (exact) mass is 378 g/mol. The smallest absolute Gasteiger partial charge is 0.276 e. The number of nitro groups is 1. The van der Waals surface area contributed by atoms with Crippen molar-refractivity contribution in [3.8, 4) is 0 Å². The summed E-state index contributed by atoms with van der Waals surface area (Å²) in [6, 6.07) is 15.4. The molecule has 0 fully saturated rings. The quantitative estimate of drug-likeness (QED) is 0.532. The number of hydrogen-bond donors (Lipinski definition) is 2. The first kappa shape index (κ1) is 17.3. The predicted octanol–water partition coefficient (Wildman–Crippen LogP) is 3.10. The molecule has 2 N–H and O–H groups in total. The van der Waals surface area contributed by atoms with E-state index < -0.39 is 22.9 Å². The summed E-state index contributed by atoms with van der Waals surface area (Å²) in [6.45, 7) is 0. The molecular formula is C19H14N4O5. The van der Waals surface area contributed by atoms with Gasteiger partial charge in [0.1, 0.15) is 5.76 Å². The largest absolute Gasteiger partial charge is 0.465 e. The van der Waals surface area contributed by atoms with Gasteiger partial charge in [0.15, 0.2) is 6.17 Å². The third kappa shape index (κ3) is 3.05. The average Bonchev–Trinajstić information content (AvgIpc) is 3.24. The van der Waals surface area contributed by atoms with E-state index in [0.717, 1.165) is 5.01 Å². The second-order valence-electron chi connectivity index (χ2n) is 6.03. The Morgan fingerprint density at radius 1 is 1.11 bits per heavy atom. The Labute approximate surface area is 158 Å². The van der Waals surface area contributed by atoms with E-state index >= 15 is 0 Å². The number of non-ortho nitro benzene ring substituents is 1. The molecule has 4 rings (SSSR count). The molecule has 2 amide bonds. The Morgan fingerprint density at radius 2 is 1.86 bits per heavy atom. The van der Waals surface area contributed by atoms with Crippen LogP contribution in [0, 0.1) is 10.1 Å². The number of hydrogen-bond acceptors (Lipinski definition) is 6. The SMILES string of the molecule is O=C(NN1C(=O)c2ccccc2N[C@H]1c1ccco1)c1ccc([N+](=O)[O-])cc1. The van der Waals surface area contributed by atoms with Crippen molar-refractivity contribution in [3.63, 3.8) is 0 Å². The van der Waals surface area contributed by atoms with Gasteiger partial charge in [-0.15, -0.1) is 0 Å². The first-order chi connectivity index (χ1) is 13.5. The number of hydrazine groups is 1. The number of furan rings is 1. The maximum absolute atomic E-state index is 13.0. The number of nitro benzene ring substituents is 1. The van der Waals surface area contributed by atoms with Crippen LogP contribution in [-0.4, -0.2) is 21.7 Å². The van der Waals surface area contributed by atoms with Gasteiger partial charge in [-0.2, -0.15) is 0 Å². The Morgan fingerprint density at radius 3 is 2.54 bits per heavy atom. The van der Waals surface area contributed by atoms with Gasteiger partial charge in [-0.1, -0.05) is 12.1 Å². The fourth-order valence-corrected chi connectivity index (χ4v) is 2.92. The van der Waals surface area contributed by atoms with Crippen molar-refractivity contribution in [2.24, 2.45) is 0 Å². The van der Waals surface area contributed by atoms with Crippen LogP contribution in [-0.2, 0) is 0 Å². The highest BCUT2D eigenvalue weighted by molar-refractivity contribution is 6.03. The number of benzene rings is 2. The zero-order valence-corrected chi connectivity index (χ0v) is 14.4. The van der Waals surface area contributed by atoms with Gasteiger partial charge in [0.2, 0.25) is 0 Å². The first-order valence-corrected chi connectivity index (χ1v) is 8.32. The molecule has 0 aliphatic carbocycles. The Balaban J connectivity index is 1.64. The van der Waals surface area contributed by atoms with E-state index in [1.54, 1.807) is 36.4 Å². The number of nitrogens with one attached hydrogen (secondary N) is 2. The maximum Gasteiger partial charge on any atom is 0.276 e. The summed E-state index contributed by atoms with van der Waals surface area (Å²) in [5.74, 6) is -0.557. The van der Waals surface area contributed by atoms with Crippen LogP contribution in [0.3, 0.4) is 0 Å². The molecule has 1 aliphatic rings. The molecular weight excluding hydrogens is 364 g/mol. The van der Waals surface area contributed by atoms with Crippen molar-refractivity contribution in [3.05, 3.63) is 93.9 Å². The molecule has 9 nitrogen and oxygen atoms in total. The topological polar surface area (TPSA) is 118 Å². The van der Waals surface area contributed by atoms with E-state index in [4.69, 9.17) is 4.42 Å². The van der Waals surface area contributed by atoms with Crippen molar-refractivity contribution in [1.29, 1.82) is 0 Å². The van der Waals surface area contributed by atoms with E-state index in [-0.39, 0.29) is 11.3 Å². The van der Waals surface area contributed by atoms with E-state index in [9.17, 15) is 19.7 Å². The lowest BCUT2D eigenvalue weighted by Gasteiger charge is -2.36. The van der Waals surface area contributed by atoms with E-state index in [2.05, 4.69) is 10.7 Å². The molecule has 140 valence electrons. The Bertz CT molecular complexity index is 1050. The molecule has 28 heavy (non-hydrogen) atoms. The molecule has 3 aromatic rings. The fourth-order valence-electron chi connectivity index (χ4n) is 2.92. The van der Waals surface area contributed by atoms with Crippen molar-refractivity contribution in [2.45, 2.75) is 6.17 Å². The zero-order valence-electron chi connectivity index (χ0n) is 14.4. The van der Waals surface area contributed by atoms with Crippen LogP contribution >= 0.6 is 0 Å². The van der Waals surface area contributed by atoms with Crippen LogP contribution in [0.25, 0.3) is 0 Å². The van der Waals surface area contributed by atoms with Gasteiger partial charge in [-0.3, -0.25) is 25.1 Å². The first-order valence-electron chi connectivity index (χ1n) is 8.32. The lowest BCUT2D eigenvalue weighted by atomic mass is 10.1. The van der Waals surface area contributed by atoms with Gasteiger partial charge in [-0.05, 0) is 36.4 Å². The number of amides is 2. The van der Waals surface area contributed by atoms with E-state index in [1.807, 2.05) is 0 Å². The van der Waals surface area contributed by atoms with Gasteiger partial charge >= 0.3 is 0 Å². The van der Waals surface area contributed by atoms with Crippen molar-refractivity contribution in [2.75, 3.05) is 5.32 Å². The number of carbonyl (C=O) groups excluding carboxylic acids is 2. The molecule has 9 heteroatoms. The van der Waals surface area contributed by atoms with Gasteiger partial charge in [0, 0.05) is 23.4 Å². The van der Waals surface area contributed by atoms with Gasteiger partial charge in [-0.25, -0.2) is 5.01 Å². The van der Waals surface area contributed by atoms with Crippen LogP contribution in [0.1, 0.15) is 32.6 Å². The van der Waals surface area contributed by atoms with Crippen LogP contribution in [0.15, 0.2) is 71.3 Å². The molecule has 1 aliphatic heterocycles. The second kappa shape index (κ2) is 6.88. The van der Waals surface area contributed by atoms with Crippen LogP contribution in [0.5, 0.6) is 0 Å². The molecule has 0 bridgehead atoms. The number of para-hydroxylation sites is 1. The van der Waals surface area contributed by atoms with Crippen LogP contribution in [0.4, 0.5) is 11.4 Å². The predicted molar refractivity (Wildman–Crippen MR) is 98.2 cm³/mol. The summed E-state index contributed by atoms with van der Waals surface area (Å²) >= 11 is 0. The Kier molecular flexibility index (Phi) is 4.24. The van der Waals surface area contributed by atoms with Gasteiger partial charge in [0.25, 0.3) is 17.5 Å². The van der Waals surface area contributed by atoms with Gasteiger partial charge in [0.05, 0.1) is 16.7 Å². The van der Waals surface area contributed by atoms with Crippen molar-refractivity contribution < 1.29 is 18.9 Å². The molecule has 2 heterocycles. The van der Waals surface area contributed by atoms with Crippen LogP contribution in [0.2, 0.25) is 0 Å². The highest BCUT2D eigenvalue weighted by Gasteiger charge is 2.35. The fraction of sp³-hybridized carbons (Fsp3) is 0.0526. The zero-order chi connectivity index (χ0) is 19.7. The normalized spacial score (nSPS) is 15.5. The van der Waals surface area contributed by atoms with Crippen molar-refractivity contribution in [1.82, 2.24) is 10.4 Å². The van der Waals surface area contributed by atoms with Crippen LogP contribution < -0.4 is 10.7 Å². The third-order valence-electron chi connectivity index (χ3n) is 4.30. The van der Waals surface area contributed by atoms with Gasteiger partial charge < -0.3 is 9.73 Å². The molecule has 0 spiro atoms. The maximum atomic E-state index is 13.0. The summed E-state index contributed by atoms with van der Waals surface area (Å²) in [6.07, 6.45) is 0.720. The summed E-state index contributed by atoms with van der Waals surface area (Å²) in [4.78, 5) is 35.8. The highest BCUT2D eigenvalue weighted by atomic mass is 16.6. The second-order valence-corrected chi connectivity index (χ2v) is 6.03. The lowest BCUT2D eigenvalue weighted by Crippen LogP contribution is -2.52. The minimum Gasteiger partial charge on any atom is -0.465 e. The Hall–Kier alpha value is -4.14. The number of fused-ring (bicyclic) bond motifs is 1. The molecule has 0 saturated heterocycles. The number of carbonyl (C=O) groups is 2. The van der Waals surface area contributed by atoms with E-state index in [1.165, 1.54) is 30.5 Å². The average molecular weight is 378 g/mol. The summed E-state index contributed by atoms with van der Waals surface area (Å²) in [5, 5.41) is 15.1. The number of rotatable bonds is 4. The number of nitrogens with zero attached hydrogens (tertiary/aromatic N) is 2. The standard InChI is InChI=1S/C19H14N4O5/c24-18(12-7-9-13(10-8-12)23(26)27)21-22-17(16-6-3-11-28-16)20-15-5-2-1-4-14(15)19(22)25/h1-11,17,20H,(H,21,24)/t17-/m1/s1. The summed E-state index contributed by atoms with van der Waals surface area (Å²) in [7, 11) is 0. The van der Waals surface area contributed by atoms with Crippen molar-refractivity contribution >= 4 is 23.2 Å². The minimum atomic E-state index is -0.751. The summed E-state index contributed by atoms with van der Waals surface area (Å²) in [5.41, 5.74) is 3.63. The molecule has 1 atom stereocenters. The molecule has 0 saturated carbocycles. The molecule has 1 aromatic heterocycles. The number of anilines is 1. The molecule has 2 aromatic carbocycles. The molecule has 0 radical (unpaired) electrons. The third-order valence-corrected chi connectivity index (χ3v) is 4.30. The van der Waals surface area contributed by atoms with E-state index in [0.29, 0.717) is 17.0 Å². The lowest BCUT2D eigenvalue weighted by molar-refractivity contribution is -0.384.